The molecule has 1 heterocycles. The van der Waals surface area contributed by atoms with Crippen molar-refractivity contribution in [3.63, 3.8) is 0 Å². The number of nitrogens with zero attached hydrogens (tertiary/aromatic N) is 2. The first-order valence-corrected chi connectivity index (χ1v) is 6.79. The Bertz CT molecular complexity index is 412. The molecule has 0 aliphatic carbocycles. The minimum absolute atomic E-state index is 0.0198. The third-order valence-corrected chi connectivity index (χ3v) is 3.17. The number of nitrogens with one attached hydrogen (secondary N) is 1. The van der Waals surface area contributed by atoms with E-state index in [9.17, 15) is 4.79 Å². The first kappa shape index (κ1) is 15.0. The zero-order chi connectivity index (χ0) is 13.8. The van der Waals surface area contributed by atoms with Crippen LogP contribution in [0.15, 0.2) is 6.20 Å². The van der Waals surface area contributed by atoms with E-state index in [1.165, 1.54) is 0 Å². The Morgan fingerprint density at radius 2 is 2.22 bits per heavy atom. The Morgan fingerprint density at radius 1 is 1.56 bits per heavy atom. The van der Waals surface area contributed by atoms with Crippen molar-refractivity contribution in [2.45, 2.75) is 33.6 Å². The predicted octanol–water partition coefficient (Wildman–Crippen LogP) is 2.37. The molecular weight excluding hydrogens is 250 g/mol. The van der Waals surface area contributed by atoms with Crippen LogP contribution in [0.4, 0.5) is 0 Å². The summed E-state index contributed by atoms with van der Waals surface area (Å²) in [5.74, 6) is 0.554. The summed E-state index contributed by atoms with van der Waals surface area (Å²) in [5.41, 5.74) is 1.53. The topological polar surface area (TPSA) is 46.9 Å². The Morgan fingerprint density at radius 3 is 2.78 bits per heavy atom. The van der Waals surface area contributed by atoms with Crippen molar-refractivity contribution in [3.8, 4) is 0 Å². The second kappa shape index (κ2) is 6.23. The van der Waals surface area contributed by atoms with Crippen LogP contribution >= 0.6 is 11.6 Å². The van der Waals surface area contributed by atoms with Crippen LogP contribution in [0.25, 0.3) is 0 Å². The van der Waals surface area contributed by atoms with E-state index in [0.717, 1.165) is 18.5 Å². The maximum Gasteiger partial charge on any atom is 0.254 e. The van der Waals surface area contributed by atoms with Crippen LogP contribution in [0.3, 0.4) is 0 Å². The van der Waals surface area contributed by atoms with Gasteiger partial charge in [-0.3, -0.25) is 9.48 Å². The van der Waals surface area contributed by atoms with Gasteiger partial charge in [0, 0.05) is 25.7 Å². The van der Waals surface area contributed by atoms with Gasteiger partial charge in [-0.25, -0.2) is 0 Å². The van der Waals surface area contributed by atoms with Gasteiger partial charge in [0.1, 0.15) is 0 Å². The molecule has 18 heavy (non-hydrogen) atoms. The number of carbonyl (C=O) groups is 1. The van der Waals surface area contributed by atoms with Crippen molar-refractivity contribution in [1.29, 1.82) is 0 Å². The number of rotatable bonds is 6. The predicted molar refractivity (Wildman–Crippen MR) is 74.0 cm³/mol. The fourth-order valence-electron chi connectivity index (χ4n) is 1.74. The number of hydrogen-bond acceptors (Lipinski definition) is 2. The molecule has 0 spiro atoms. The lowest BCUT2D eigenvalue weighted by Gasteiger charge is -2.23. The van der Waals surface area contributed by atoms with Gasteiger partial charge in [0.15, 0.2) is 0 Å². The number of amides is 1. The van der Waals surface area contributed by atoms with Gasteiger partial charge in [-0.05, 0) is 18.3 Å². The van der Waals surface area contributed by atoms with E-state index in [1.54, 1.807) is 10.9 Å². The normalized spacial score (nSPS) is 11.6. The summed E-state index contributed by atoms with van der Waals surface area (Å²) in [6, 6.07) is 0. The summed E-state index contributed by atoms with van der Waals surface area (Å²) in [4.78, 5) is 12.1. The molecule has 5 heteroatoms. The van der Waals surface area contributed by atoms with E-state index in [4.69, 9.17) is 11.6 Å². The van der Waals surface area contributed by atoms with E-state index in [1.807, 2.05) is 14.0 Å². The zero-order valence-electron chi connectivity index (χ0n) is 11.6. The minimum Gasteiger partial charge on any atom is -0.351 e. The van der Waals surface area contributed by atoms with E-state index >= 15 is 0 Å². The standard InChI is InChI=1S/C13H22ClN3O/c1-5-11-10(8-17(4)16-11)12(18)15-9-13(2,3)6-7-14/h8H,5-7,9H2,1-4H3,(H,15,18). The molecular formula is C13H22ClN3O. The molecule has 0 aliphatic heterocycles. The molecule has 0 radical (unpaired) electrons. The lowest BCUT2D eigenvalue weighted by atomic mass is 9.90. The highest BCUT2D eigenvalue weighted by Crippen LogP contribution is 2.19. The first-order chi connectivity index (χ1) is 8.39. The van der Waals surface area contributed by atoms with Crippen LogP contribution in [0.1, 0.15) is 43.2 Å². The Balaban J connectivity index is 2.65. The molecule has 0 bridgehead atoms. The maximum atomic E-state index is 12.1. The van der Waals surface area contributed by atoms with Crippen LogP contribution in [-0.4, -0.2) is 28.1 Å². The second-order valence-corrected chi connectivity index (χ2v) is 5.68. The highest BCUT2D eigenvalue weighted by atomic mass is 35.5. The average molecular weight is 272 g/mol. The van der Waals surface area contributed by atoms with Gasteiger partial charge < -0.3 is 5.32 Å². The van der Waals surface area contributed by atoms with Crippen molar-refractivity contribution in [3.05, 3.63) is 17.5 Å². The molecule has 0 atom stereocenters. The molecule has 1 rings (SSSR count). The number of hydrogen-bond donors (Lipinski definition) is 1. The van der Waals surface area contributed by atoms with Crippen LogP contribution < -0.4 is 5.32 Å². The molecule has 0 saturated heterocycles. The number of aromatic nitrogens is 2. The van der Waals surface area contributed by atoms with Crippen LogP contribution in [0.5, 0.6) is 0 Å². The molecule has 1 N–H and O–H groups in total. The SMILES string of the molecule is CCc1nn(C)cc1C(=O)NCC(C)(C)CCCl. The third kappa shape index (κ3) is 4.02. The summed E-state index contributed by atoms with van der Waals surface area (Å²) in [6.07, 6.45) is 3.40. The van der Waals surface area contributed by atoms with Crippen LogP contribution in [0, 0.1) is 5.41 Å². The summed E-state index contributed by atoms with van der Waals surface area (Å²) < 4.78 is 1.68. The summed E-state index contributed by atoms with van der Waals surface area (Å²) >= 11 is 5.74. The molecule has 0 unspecified atom stereocenters. The number of aryl methyl sites for hydroxylation is 2. The fourth-order valence-corrected chi connectivity index (χ4v) is 2.26. The highest BCUT2D eigenvalue weighted by Gasteiger charge is 2.20. The lowest BCUT2D eigenvalue weighted by Crippen LogP contribution is -2.34. The first-order valence-electron chi connectivity index (χ1n) is 6.26. The Labute approximate surface area is 114 Å². The number of alkyl halides is 1. The van der Waals surface area contributed by atoms with Crippen molar-refractivity contribution in [2.24, 2.45) is 12.5 Å². The summed E-state index contributed by atoms with van der Waals surface area (Å²) in [7, 11) is 1.83. The van der Waals surface area contributed by atoms with Gasteiger partial charge in [0.25, 0.3) is 5.91 Å². The van der Waals surface area contributed by atoms with Gasteiger partial charge in [0.05, 0.1) is 11.3 Å². The monoisotopic (exact) mass is 271 g/mol. The lowest BCUT2D eigenvalue weighted by molar-refractivity contribution is 0.0935. The van der Waals surface area contributed by atoms with Crippen molar-refractivity contribution < 1.29 is 4.79 Å². The Hall–Kier alpha value is -1.03. The van der Waals surface area contributed by atoms with Crippen molar-refractivity contribution in [1.82, 2.24) is 15.1 Å². The van der Waals surface area contributed by atoms with E-state index in [0.29, 0.717) is 18.0 Å². The molecule has 0 aliphatic rings. The van der Waals surface area contributed by atoms with Crippen LogP contribution in [-0.2, 0) is 13.5 Å². The maximum absolute atomic E-state index is 12.1. The second-order valence-electron chi connectivity index (χ2n) is 5.30. The highest BCUT2D eigenvalue weighted by molar-refractivity contribution is 6.17. The van der Waals surface area contributed by atoms with Gasteiger partial charge in [0.2, 0.25) is 0 Å². The molecule has 4 nitrogen and oxygen atoms in total. The van der Waals surface area contributed by atoms with Crippen LogP contribution in [0.2, 0.25) is 0 Å². The van der Waals surface area contributed by atoms with E-state index in [2.05, 4.69) is 24.3 Å². The quantitative estimate of drug-likeness (QED) is 0.808. The molecule has 1 aromatic rings. The largest absolute Gasteiger partial charge is 0.351 e. The fraction of sp³-hybridized carbons (Fsp3) is 0.692. The molecule has 102 valence electrons. The van der Waals surface area contributed by atoms with Crippen molar-refractivity contribution in [2.75, 3.05) is 12.4 Å². The molecule has 1 aromatic heterocycles. The van der Waals surface area contributed by atoms with Gasteiger partial charge in [-0.15, -0.1) is 11.6 Å². The molecule has 1 amide bonds. The number of carbonyl (C=O) groups excluding carboxylic acids is 1. The summed E-state index contributed by atoms with van der Waals surface area (Å²) in [6.45, 7) is 6.81. The summed E-state index contributed by atoms with van der Waals surface area (Å²) in [5, 5.41) is 7.23. The van der Waals surface area contributed by atoms with Gasteiger partial charge >= 0.3 is 0 Å². The third-order valence-electron chi connectivity index (χ3n) is 2.98. The van der Waals surface area contributed by atoms with E-state index < -0.39 is 0 Å². The minimum atomic E-state index is -0.0532. The molecule has 0 fully saturated rings. The van der Waals surface area contributed by atoms with Gasteiger partial charge in [-0.2, -0.15) is 5.10 Å². The Kier molecular flexibility index (Phi) is 5.20. The van der Waals surface area contributed by atoms with E-state index in [-0.39, 0.29) is 11.3 Å². The molecule has 0 aromatic carbocycles. The van der Waals surface area contributed by atoms with Gasteiger partial charge in [-0.1, -0.05) is 20.8 Å². The zero-order valence-corrected chi connectivity index (χ0v) is 12.3. The smallest absolute Gasteiger partial charge is 0.254 e. The average Bonchev–Trinajstić information content (AvgIpc) is 2.67. The molecule has 0 saturated carbocycles. The van der Waals surface area contributed by atoms with Crippen molar-refractivity contribution >= 4 is 17.5 Å². The number of halogens is 1.